The Morgan fingerprint density at radius 1 is 1.16 bits per heavy atom. The molecule has 4 unspecified atom stereocenters. The maximum Gasteiger partial charge on any atom is 0.315 e. The van der Waals surface area contributed by atoms with E-state index in [1.54, 1.807) is 25.6 Å². The van der Waals surface area contributed by atoms with Crippen LogP contribution in [0, 0.1) is 11.8 Å². The number of rotatable bonds is 4. The highest BCUT2D eigenvalue weighted by Crippen LogP contribution is 2.58. The third kappa shape index (κ3) is 2.97. The van der Waals surface area contributed by atoms with E-state index in [2.05, 4.69) is 0 Å². The number of nitrogens with zero attached hydrogens (tertiary/aromatic N) is 1. The number of benzene rings is 1. The summed E-state index contributed by atoms with van der Waals surface area (Å²) in [6.45, 7) is 7.97. The zero-order valence-electron chi connectivity index (χ0n) is 14.9. The Kier molecular flexibility index (Phi) is 4.91. The lowest BCUT2D eigenvalue weighted by Gasteiger charge is -2.48. The molecule has 2 bridgehead atoms. The van der Waals surface area contributed by atoms with Crippen molar-refractivity contribution in [3.63, 3.8) is 0 Å². The van der Waals surface area contributed by atoms with E-state index in [-0.39, 0.29) is 17.9 Å². The van der Waals surface area contributed by atoms with Gasteiger partial charge >= 0.3 is 11.9 Å². The molecule has 2 heterocycles. The molecule has 5 nitrogen and oxygen atoms in total. The number of ether oxygens (including phenoxy) is 2. The number of esters is 2. The molecule has 0 amide bonds. The molecule has 1 aromatic rings. The molecule has 0 N–H and O–H groups in total. The predicted octanol–water partition coefficient (Wildman–Crippen LogP) is 3.43. The van der Waals surface area contributed by atoms with Crippen molar-refractivity contribution in [2.24, 2.45) is 16.8 Å². The number of hydrogen-bond acceptors (Lipinski definition) is 6. The molecule has 6 heteroatoms. The van der Waals surface area contributed by atoms with E-state index in [0.29, 0.717) is 18.9 Å². The lowest BCUT2D eigenvalue weighted by molar-refractivity contribution is -0.153. The summed E-state index contributed by atoms with van der Waals surface area (Å²) in [6.07, 6.45) is 0. The van der Waals surface area contributed by atoms with Crippen molar-refractivity contribution in [3.05, 3.63) is 29.8 Å². The number of fused-ring (bicyclic) bond motifs is 4. The van der Waals surface area contributed by atoms with Gasteiger partial charge < -0.3 is 9.47 Å². The Morgan fingerprint density at radius 3 is 2.48 bits per heavy atom. The van der Waals surface area contributed by atoms with Gasteiger partial charge in [-0.1, -0.05) is 30.0 Å². The first-order valence-corrected chi connectivity index (χ1v) is 9.42. The number of aliphatic imine (C=N–C) groups is 1. The van der Waals surface area contributed by atoms with Crippen molar-refractivity contribution in [2.75, 3.05) is 13.2 Å². The normalized spacial score (nSPS) is 30.1. The first kappa shape index (κ1) is 18.0. The Morgan fingerprint density at radius 2 is 1.80 bits per heavy atom. The largest absolute Gasteiger partial charge is 0.466 e. The first-order valence-electron chi connectivity index (χ1n) is 8.60. The van der Waals surface area contributed by atoms with Gasteiger partial charge in [0.05, 0.1) is 19.1 Å². The standard InChI is InChI=1S/C19H23NO4S/c1-5-23-17(21)14-11(3)20-19(4)16(18(22)24-6-2)15(14)12-9-7-8-10-13(12)25-19/h7-10,14-16H,5-6H2,1-4H3. The van der Waals surface area contributed by atoms with Crippen molar-refractivity contribution in [2.45, 2.75) is 43.4 Å². The number of thioether (sulfide) groups is 1. The third-order valence-electron chi connectivity index (χ3n) is 4.82. The van der Waals surface area contributed by atoms with Crippen molar-refractivity contribution in [1.82, 2.24) is 0 Å². The molecule has 0 aliphatic carbocycles. The summed E-state index contributed by atoms with van der Waals surface area (Å²) < 4.78 is 10.6. The van der Waals surface area contributed by atoms with Crippen LogP contribution in [-0.4, -0.2) is 35.7 Å². The highest BCUT2D eigenvalue weighted by atomic mass is 32.2. The fourth-order valence-corrected chi connectivity index (χ4v) is 5.41. The zero-order chi connectivity index (χ0) is 18.2. The van der Waals surface area contributed by atoms with Crippen molar-refractivity contribution in [3.8, 4) is 0 Å². The monoisotopic (exact) mass is 361 g/mol. The second kappa shape index (κ2) is 6.83. The zero-order valence-corrected chi connectivity index (χ0v) is 15.8. The van der Waals surface area contributed by atoms with Crippen molar-refractivity contribution >= 4 is 29.4 Å². The molecular weight excluding hydrogens is 338 g/mol. The van der Waals surface area contributed by atoms with E-state index in [0.717, 1.165) is 10.5 Å². The van der Waals surface area contributed by atoms with Crippen molar-refractivity contribution in [1.29, 1.82) is 0 Å². The van der Waals surface area contributed by atoms with Crippen LogP contribution >= 0.6 is 11.8 Å². The molecule has 2 aliphatic rings. The Balaban J connectivity index is 2.18. The summed E-state index contributed by atoms with van der Waals surface area (Å²) >= 11 is 1.57. The summed E-state index contributed by atoms with van der Waals surface area (Å²) in [6, 6.07) is 7.91. The SMILES string of the molecule is CCOC(=O)C1C(C)=NC2(C)Sc3ccccc3C1C2C(=O)OCC. The van der Waals surface area contributed by atoms with Gasteiger partial charge in [0, 0.05) is 16.5 Å². The number of hydrogen-bond donors (Lipinski definition) is 0. The van der Waals surface area contributed by atoms with Crippen LogP contribution in [-0.2, 0) is 19.1 Å². The van der Waals surface area contributed by atoms with Crippen LogP contribution in [0.2, 0.25) is 0 Å². The van der Waals surface area contributed by atoms with Gasteiger partial charge in [-0.25, -0.2) is 0 Å². The molecule has 0 fully saturated rings. The van der Waals surface area contributed by atoms with Crippen LogP contribution in [0.4, 0.5) is 0 Å². The lowest BCUT2D eigenvalue weighted by Crippen LogP contribution is -2.52. The summed E-state index contributed by atoms with van der Waals surface area (Å²) in [5.74, 6) is -2.04. The molecule has 4 atom stereocenters. The fourth-order valence-electron chi connectivity index (χ4n) is 3.94. The van der Waals surface area contributed by atoms with Gasteiger partial charge in [-0.2, -0.15) is 0 Å². The van der Waals surface area contributed by atoms with E-state index >= 15 is 0 Å². The summed E-state index contributed by atoms with van der Waals surface area (Å²) in [4.78, 5) is 30.6. The van der Waals surface area contributed by atoms with Gasteiger partial charge in [-0.15, -0.1) is 0 Å². The predicted molar refractivity (Wildman–Crippen MR) is 96.8 cm³/mol. The summed E-state index contributed by atoms with van der Waals surface area (Å²) in [5.41, 5.74) is 1.71. The number of carbonyl (C=O) groups excluding carboxylic acids is 2. The van der Waals surface area contributed by atoms with Crippen LogP contribution in [0.25, 0.3) is 0 Å². The van der Waals surface area contributed by atoms with Crippen molar-refractivity contribution < 1.29 is 19.1 Å². The van der Waals surface area contributed by atoms with Crippen LogP contribution in [0.1, 0.15) is 39.2 Å². The maximum atomic E-state index is 12.8. The Hall–Kier alpha value is -1.82. The molecule has 0 saturated heterocycles. The lowest BCUT2D eigenvalue weighted by atomic mass is 9.69. The molecule has 3 rings (SSSR count). The Labute approximate surface area is 152 Å². The van der Waals surface area contributed by atoms with E-state index in [1.165, 1.54) is 0 Å². The molecule has 0 radical (unpaired) electrons. The molecule has 134 valence electrons. The molecule has 0 aromatic heterocycles. The molecule has 0 saturated carbocycles. The number of carbonyl (C=O) groups is 2. The molecule has 0 spiro atoms. The van der Waals surface area contributed by atoms with Crippen LogP contribution < -0.4 is 0 Å². The highest BCUT2D eigenvalue weighted by molar-refractivity contribution is 8.00. The third-order valence-corrected chi connectivity index (χ3v) is 6.17. The van der Waals surface area contributed by atoms with Gasteiger partial charge in [-0.3, -0.25) is 14.6 Å². The van der Waals surface area contributed by atoms with E-state index < -0.39 is 16.7 Å². The van der Waals surface area contributed by atoms with Crippen LogP contribution in [0.5, 0.6) is 0 Å². The molecule has 1 aromatic carbocycles. The quantitative estimate of drug-likeness (QED) is 0.769. The minimum Gasteiger partial charge on any atom is -0.466 e. The van der Waals surface area contributed by atoms with Gasteiger partial charge in [0.25, 0.3) is 0 Å². The van der Waals surface area contributed by atoms with E-state index in [9.17, 15) is 9.59 Å². The first-order chi connectivity index (χ1) is 11.9. The fraction of sp³-hybridized carbons (Fsp3) is 0.526. The van der Waals surface area contributed by atoms with Gasteiger partial charge in [0.1, 0.15) is 10.8 Å². The minimum absolute atomic E-state index is 0.299. The summed E-state index contributed by atoms with van der Waals surface area (Å²) in [5, 5.41) is 0. The van der Waals surface area contributed by atoms with E-state index in [4.69, 9.17) is 14.5 Å². The molecule has 2 aliphatic heterocycles. The van der Waals surface area contributed by atoms with Gasteiger partial charge in [0.2, 0.25) is 0 Å². The highest BCUT2D eigenvalue weighted by Gasteiger charge is 2.58. The van der Waals surface area contributed by atoms with Crippen LogP contribution in [0.15, 0.2) is 34.2 Å². The second-order valence-corrected chi connectivity index (χ2v) is 7.90. The summed E-state index contributed by atoms with van der Waals surface area (Å²) in [7, 11) is 0. The van der Waals surface area contributed by atoms with Crippen LogP contribution in [0.3, 0.4) is 0 Å². The average Bonchev–Trinajstić information content (AvgIpc) is 2.54. The topological polar surface area (TPSA) is 65.0 Å². The maximum absolute atomic E-state index is 12.8. The van der Waals surface area contributed by atoms with E-state index in [1.807, 2.05) is 38.1 Å². The molecular formula is C19H23NO4S. The smallest absolute Gasteiger partial charge is 0.315 e. The molecule has 25 heavy (non-hydrogen) atoms. The van der Waals surface area contributed by atoms with Gasteiger partial charge in [0.15, 0.2) is 0 Å². The minimum atomic E-state index is -0.682. The van der Waals surface area contributed by atoms with Gasteiger partial charge in [-0.05, 0) is 39.3 Å². The Bertz CT molecular complexity index is 732. The average molecular weight is 361 g/mol. The second-order valence-electron chi connectivity index (χ2n) is 6.43.